The van der Waals surface area contributed by atoms with Crippen molar-refractivity contribution >= 4 is 17.7 Å². The van der Waals surface area contributed by atoms with Crippen LogP contribution in [0.25, 0.3) is 0 Å². The van der Waals surface area contributed by atoms with Crippen molar-refractivity contribution in [3.05, 3.63) is 29.8 Å². The second kappa shape index (κ2) is 8.23. The zero-order valence-electron chi connectivity index (χ0n) is 11.8. The van der Waals surface area contributed by atoms with Gasteiger partial charge < -0.3 is 10.4 Å². The van der Waals surface area contributed by atoms with E-state index < -0.39 is 0 Å². The third-order valence-electron chi connectivity index (χ3n) is 2.76. The molecule has 0 fully saturated rings. The lowest BCUT2D eigenvalue weighted by atomic mass is 10.0. The largest absolute Gasteiger partial charge is 0.393 e. The Morgan fingerprint density at radius 2 is 2.16 bits per heavy atom. The molecule has 19 heavy (non-hydrogen) atoms. The molecular weight excluding hydrogens is 258 g/mol. The Morgan fingerprint density at radius 3 is 2.79 bits per heavy atom. The van der Waals surface area contributed by atoms with Crippen molar-refractivity contribution in [1.82, 2.24) is 5.32 Å². The van der Waals surface area contributed by atoms with Crippen LogP contribution in [0.2, 0.25) is 0 Å². The highest BCUT2D eigenvalue weighted by molar-refractivity contribution is 7.99. The van der Waals surface area contributed by atoms with Gasteiger partial charge in [0, 0.05) is 17.0 Å². The summed E-state index contributed by atoms with van der Waals surface area (Å²) in [4.78, 5) is 13.1. The number of carbonyl (C=O) groups is 1. The highest BCUT2D eigenvalue weighted by Crippen LogP contribution is 2.18. The van der Waals surface area contributed by atoms with Gasteiger partial charge in [0.1, 0.15) is 0 Å². The second-order valence-corrected chi connectivity index (χ2v) is 6.20. The number of hydrogen-bond acceptors (Lipinski definition) is 3. The van der Waals surface area contributed by atoms with E-state index in [-0.39, 0.29) is 17.9 Å². The third kappa shape index (κ3) is 6.12. The predicted octanol–water partition coefficient (Wildman–Crippen LogP) is 2.94. The first-order valence-electron chi connectivity index (χ1n) is 6.72. The Kier molecular flexibility index (Phi) is 6.95. The molecule has 2 N–H and O–H groups in total. The van der Waals surface area contributed by atoms with Crippen LogP contribution in [0.4, 0.5) is 0 Å². The van der Waals surface area contributed by atoms with Crippen molar-refractivity contribution in [3.8, 4) is 0 Å². The molecule has 0 aliphatic rings. The van der Waals surface area contributed by atoms with Crippen LogP contribution in [0.3, 0.4) is 0 Å². The number of nitrogens with one attached hydrogen (secondary N) is 1. The number of thioether (sulfide) groups is 1. The Morgan fingerprint density at radius 1 is 1.42 bits per heavy atom. The predicted molar refractivity (Wildman–Crippen MR) is 80.6 cm³/mol. The van der Waals surface area contributed by atoms with Crippen LogP contribution in [0.1, 0.15) is 37.6 Å². The molecule has 3 nitrogen and oxygen atoms in total. The van der Waals surface area contributed by atoms with Crippen molar-refractivity contribution in [2.75, 3.05) is 12.3 Å². The van der Waals surface area contributed by atoms with E-state index in [9.17, 15) is 9.90 Å². The van der Waals surface area contributed by atoms with Gasteiger partial charge in [0.25, 0.3) is 5.91 Å². The zero-order chi connectivity index (χ0) is 14.3. The minimum atomic E-state index is -0.323. The summed E-state index contributed by atoms with van der Waals surface area (Å²) >= 11 is 1.73. The molecule has 0 saturated heterocycles. The van der Waals surface area contributed by atoms with E-state index in [2.05, 4.69) is 12.2 Å². The standard InChI is InChI=1S/C15H23NO2S/c1-4-19-14-7-5-6-13(9-14)15(18)16-10-11(2)8-12(3)17/h5-7,9,11-12,17H,4,8,10H2,1-3H3,(H,16,18). The molecule has 0 aliphatic heterocycles. The first-order chi connectivity index (χ1) is 9.02. The molecule has 0 bridgehead atoms. The number of benzene rings is 1. The molecule has 1 rings (SSSR count). The van der Waals surface area contributed by atoms with Crippen molar-refractivity contribution in [3.63, 3.8) is 0 Å². The van der Waals surface area contributed by atoms with Crippen LogP contribution in [0.5, 0.6) is 0 Å². The highest BCUT2D eigenvalue weighted by Gasteiger charge is 2.10. The topological polar surface area (TPSA) is 49.3 Å². The molecule has 0 aromatic heterocycles. The lowest BCUT2D eigenvalue weighted by Gasteiger charge is -2.14. The smallest absolute Gasteiger partial charge is 0.251 e. The molecule has 0 aliphatic carbocycles. The van der Waals surface area contributed by atoms with Crippen LogP contribution in [0.15, 0.2) is 29.2 Å². The first kappa shape index (κ1) is 16.1. The second-order valence-electron chi connectivity index (χ2n) is 4.86. The highest BCUT2D eigenvalue weighted by atomic mass is 32.2. The number of hydrogen-bond donors (Lipinski definition) is 2. The van der Waals surface area contributed by atoms with Gasteiger partial charge in [-0.2, -0.15) is 0 Å². The van der Waals surface area contributed by atoms with E-state index >= 15 is 0 Å². The van der Waals surface area contributed by atoms with Gasteiger partial charge >= 0.3 is 0 Å². The van der Waals surface area contributed by atoms with Crippen LogP contribution in [-0.4, -0.2) is 29.4 Å². The molecule has 1 amide bonds. The lowest BCUT2D eigenvalue weighted by molar-refractivity contribution is 0.0939. The Bertz CT molecular complexity index is 407. The lowest BCUT2D eigenvalue weighted by Crippen LogP contribution is -2.29. The summed E-state index contributed by atoms with van der Waals surface area (Å²) in [6, 6.07) is 7.67. The average Bonchev–Trinajstić information content (AvgIpc) is 2.36. The molecule has 2 unspecified atom stereocenters. The molecule has 1 aromatic carbocycles. The van der Waals surface area contributed by atoms with Crippen LogP contribution >= 0.6 is 11.8 Å². The number of rotatable bonds is 7. The van der Waals surface area contributed by atoms with E-state index in [0.717, 1.165) is 10.6 Å². The Balaban J connectivity index is 2.51. The minimum Gasteiger partial charge on any atom is -0.393 e. The third-order valence-corrected chi connectivity index (χ3v) is 3.64. The summed E-state index contributed by atoms with van der Waals surface area (Å²) in [5.74, 6) is 1.23. The molecule has 2 atom stereocenters. The van der Waals surface area contributed by atoms with Gasteiger partial charge in [0.15, 0.2) is 0 Å². The van der Waals surface area contributed by atoms with Crippen LogP contribution in [-0.2, 0) is 0 Å². The van der Waals surface area contributed by atoms with Crippen molar-refractivity contribution in [2.24, 2.45) is 5.92 Å². The number of carbonyl (C=O) groups excluding carboxylic acids is 1. The first-order valence-corrected chi connectivity index (χ1v) is 7.70. The molecule has 4 heteroatoms. The zero-order valence-corrected chi connectivity index (χ0v) is 12.7. The molecule has 0 spiro atoms. The van der Waals surface area contributed by atoms with Gasteiger partial charge in [-0.05, 0) is 43.2 Å². The quantitative estimate of drug-likeness (QED) is 0.756. The minimum absolute atomic E-state index is 0.0454. The fraction of sp³-hybridized carbons (Fsp3) is 0.533. The van der Waals surface area contributed by atoms with Crippen molar-refractivity contribution < 1.29 is 9.90 Å². The Hall–Kier alpha value is -1.00. The number of aliphatic hydroxyl groups is 1. The molecule has 1 aromatic rings. The summed E-state index contributed by atoms with van der Waals surface area (Å²) in [5, 5.41) is 12.2. The van der Waals surface area contributed by atoms with E-state index in [1.807, 2.05) is 31.2 Å². The van der Waals surface area contributed by atoms with E-state index in [1.165, 1.54) is 0 Å². The maximum atomic E-state index is 12.0. The van der Waals surface area contributed by atoms with Gasteiger partial charge in [-0.15, -0.1) is 11.8 Å². The summed E-state index contributed by atoms with van der Waals surface area (Å²) in [5.41, 5.74) is 0.697. The SMILES string of the molecule is CCSc1cccc(C(=O)NCC(C)CC(C)O)c1. The normalized spacial score (nSPS) is 13.9. The van der Waals surface area contributed by atoms with Gasteiger partial charge in [-0.3, -0.25) is 4.79 Å². The summed E-state index contributed by atoms with van der Waals surface area (Å²) in [6.07, 6.45) is 0.377. The molecule has 0 heterocycles. The summed E-state index contributed by atoms with van der Waals surface area (Å²) in [7, 11) is 0. The summed E-state index contributed by atoms with van der Waals surface area (Å²) < 4.78 is 0. The molecule has 106 valence electrons. The molecule has 0 saturated carbocycles. The number of amides is 1. The van der Waals surface area contributed by atoms with Crippen molar-refractivity contribution in [1.29, 1.82) is 0 Å². The Labute approximate surface area is 119 Å². The molecular formula is C15H23NO2S. The van der Waals surface area contributed by atoms with Crippen molar-refractivity contribution in [2.45, 2.75) is 38.2 Å². The van der Waals surface area contributed by atoms with Gasteiger partial charge in [0.2, 0.25) is 0 Å². The van der Waals surface area contributed by atoms with Crippen LogP contribution < -0.4 is 5.32 Å². The monoisotopic (exact) mass is 281 g/mol. The van der Waals surface area contributed by atoms with Gasteiger partial charge in [0.05, 0.1) is 6.10 Å². The average molecular weight is 281 g/mol. The van der Waals surface area contributed by atoms with E-state index in [0.29, 0.717) is 18.5 Å². The van der Waals surface area contributed by atoms with E-state index in [4.69, 9.17) is 0 Å². The fourth-order valence-corrected chi connectivity index (χ4v) is 2.65. The summed E-state index contributed by atoms with van der Waals surface area (Å²) in [6.45, 7) is 6.48. The van der Waals surface area contributed by atoms with Crippen LogP contribution in [0, 0.1) is 5.92 Å². The number of aliphatic hydroxyl groups excluding tert-OH is 1. The van der Waals surface area contributed by atoms with Gasteiger partial charge in [-0.25, -0.2) is 0 Å². The maximum absolute atomic E-state index is 12.0. The van der Waals surface area contributed by atoms with E-state index in [1.54, 1.807) is 18.7 Å². The fourth-order valence-electron chi connectivity index (χ4n) is 1.93. The van der Waals surface area contributed by atoms with Gasteiger partial charge in [-0.1, -0.05) is 19.9 Å². The molecule has 0 radical (unpaired) electrons. The maximum Gasteiger partial charge on any atom is 0.251 e.